The standard InChI is InChI=1S/C14H28N2O/c1-13(2)11-4-5-14(13,3)12(10-11)17-9-8-16-7-6-15/h11-12,16H,4-10,15H2,1-3H3/p+2/t11-,12-,14-/m1/s1. The van der Waals surface area contributed by atoms with Crippen molar-refractivity contribution >= 4 is 0 Å². The predicted octanol–water partition coefficient (Wildman–Crippen LogP) is 0.0231. The van der Waals surface area contributed by atoms with Crippen LogP contribution in [0.3, 0.4) is 0 Å². The highest BCUT2D eigenvalue weighted by atomic mass is 16.5. The molecular weight excluding hydrogens is 212 g/mol. The van der Waals surface area contributed by atoms with Gasteiger partial charge in [0, 0.05) is 0 Å². The molecule has 100 valence electrons. The van der Waals surface area contributed by atoms with Crippen LogP contribution in [0.5, 0.6) is 0 Å². The smallest absolute Gasteiger partial charge is 0.125 e. The van der Waals surface area contributed by atoms with Gasteiger partial charge < -0.3 is 15.8 Å². The normalized spacial score (nSPS) is 38.8. The molecule has 0 spiro atoms. The number of quaternary nitrogens is 2. The van der Waals surface area contributed by atoms with E-state index >= 15 is 0 Å². The van der Waals surface area contributed by atoms with E-state index in [0.717, 1.165) is 32.2 Å². The first kappa shape index (κ1) is 13.3. The molecule has 2 saturated carbocycles. The van der Waals surface area contributed by atoms with E-state index in [2.05, 4.69) is 31.8 Å². The lowest BCUT2D eigenvalue weighted by molar-refractivity contribution is -0.671. The predicted molar refractivity (Wildman–Crippen MR) is 68.4 cm³/mol. The van der Waals surface area contributed by atoms with Crippen LogP contribution in [0, 0.1) is 16.7 Å². The average Bonchev–Trinajstić information content (AvgIpc) is 2.61. The van der Waals surface area contributed by atoms with Gasteiger partial charge in [0.1, 0.15) is 13.1 Å². The molecule has 0 aromatic rings. The number of hydrogen-bond acceptors (Lipinski definition) is 1. The van der Waals surface area contributed by atoms with E-state index in [1.165, 1.54) is 19.3 Å². The monoisotopic (exact) mass is 242 g/mol. The van der Waals surface area contributed by atoms with Gasteiger partial charge in [-0.3, -0.25) is 0 Å². The number of ether oxygens (including phenoxy) is 1. The van der Waals surface area contributed by atoms with Gasteiger partial charge in [0.25, 0.3) is 0 Å². The van der Waals surface area contributed by atoms with E-state index in [-0.39, 0.29) is 0 Å². The van der Waals surface area contributed by atoms with E-state index in [9.17, 15) is 0 Å². The Hall–Kier alpha value is -0.120. The SMILES string of the molecule is CC1(C)[C@@H]2CC[C@]1(C)[C@H](OCC[NH2+]CC[NH3+])C2. The van der Waals surface area contributed by atoms with Gasteiger partial charge in [0.05, 0.1) is 19.3 Å². The van der Waals surface area contributed by atoms with Crippen molar-refractivity contribution in [2.24, 2.45) is 16.7 Å². The molecule has 3 atom stereocenters. The quantitative estimate of drug-likeness (QED) is 0.634. The van der Waals surface area contributed by atoms with Crippen molar-refractivity contribution in [3.8, 4) is 0 Å². The van der Waals surface area contributed by atoms with Crippen LogP contribution in [-0.4, -0.2) is 32.3 Å². The Morgan fingerprint density at radius 1 is 1.29 bits per heavy atom. The molecule has 0 heterocycles. The lowest BCUT2D eigenvalue weighted by Crippen LogP contribution is -2.88. The molecule has 2 fully saturated rings. The Bertz CT molecular complexity index is 267. The van der Waals surface area contributed by atoms with Crippen LogP contribution in [0.2, 0.25) is 0 Å². The highest BCUT2D eigenvalue weighted by molar-refractivity contribution is 5.11. The zero-order valence-corrected chi connectivity index (χ0v) is 11.8. The van der Waals surface area contributed by atoms with E-state index in [4.69, 9.17) is 4.74 Å². The van der Waals surface area contributed by atoms with Gasteiger partial charge in [-0.25, -0.2) is 0 Å². The van der Waals surface area contributed by atoms with E-state index < -0.39 is 0 Å². The molecule has 0 radical (unpaired) electrons. The lowest BCUT2D eigenvalue weighted by atomic mass is 9.70. The molecule has 2 aliphatic carbocycles. The summed E-state index contributed by atoms with van der Waals surface area (Å²) in [4.78, 5) is 0. The maximum atomic E-state index is 6.17. The Morgan fingerprint density at radius 2 is 2.06 bits per heavy atom. The Balaban J connectivity index is 1.80. The molecule has 0 aliphatic heterocycles. The van der Waals surface area contributed by atoms with Crippen molar-refractivity contribution in [1.82, 2.24) is 0 Å². The van der Waals surface area contributed by atoms with Gasteiger partial charge in [-0.2, -0.15) is 0 Å². The second-order valence-corrected chi connectivity index (χ2v) is 6.69. The minimum atomic E-state index is 0.421. The topological polar surface area (TPSA) is 53.5 Å². The van der Waals surface area contributed by atoms with Crippen molar-refractivity contribution in [3.63, 3.8) is 0 Å². The zero-order valence-electron chi connectivity index (χ0n) is 11.8. The summed E-state index contributed by atoms with van der Waals surface area (Å²) in [5, 5.41) is 2.31. The highest BCUT2D eigenvalue weighted by Crippen LogP contribution is 2.66. The second-order valence-electron chi connectivity index (χ2n) is 6.69. The first-order valence-electron chi connectivity index (χ1n) is 7.25. The largest absolute Gasteiger partial charge is 0.372 e. The van der Waals surface area contributed by atoms with Crippen LogP contribution >= 0.6 is 0 Å². The lowest BCUT2D eigenvalue weighted by Gasteiger charge is -2.38. The molecule has 2 rings (SSSR count). The summed E-state index contributed by atoms with van der Waals surface area (Å²) in [6.45, 7) is 11.5. The molecule has 17 heavy (non-hydrogen) atoms. The van der Waals surface area contributed by atoms with Crippen LogP contribution in [-0.2, 0) is 4.74 Å². The van der Waals surface area contributed by atoms with Gasteiger partial charge in [0.15, 0.2) is 0 Å². The van der Waals surface area contributed by atoms with Crippen molar-refractivity contribution in [1.29, 1.82) is 0 Å². The summed E-state index contributed by atoms with van der Waals surface area (Å²) in [6, 6.07) is 0. The van der Waals surface area contributed by atoms with Gasteiger partial charge >= 0.3 is 0 Å². The number of nitrogens with two attached hydrogens (primary N) is 1. The summed E-state index contributed by atoms with van der Waals surface area (Å²) >= 11 is 0. The number of fused-ring (bicyclic) bond motifs is 2. The third-order valence-corrected chi connectivity index (χ3v) is 5.76. The number of rotatable bonds is 6. The molecule has 2 aliphatic rings. The van der Waals surface area contributed by atoms with E-state index in [1.54, 1.807) is 0 Å². The molecule has 5 N–H and O–H groups in total. The minimum Gasteiger partial charge on any atom is -0.372 e. The van der Waals surface area contributed by atoms with Crippen molar-refractivity contribution in [3.05, 3.63) is 0 Å². The molecule has 0 aromatic carbocycles. The third-order valence-electron chi connectivity index (χ3n) is 5.76. The van der Waals surface area contributed by atoms with E-state index in [0.29, 0.717) is 16.9 Å². The highest BCUT2D eigenvalue weighted by Gasteiger charge is 2.61. The van der Waals surface area contributed by atoms with Gasteiger partial charge in [-0.1, -0.05) is 20.8 Å². The first-order chi connectivity index (χ1) is 8.02. The second kappa shape index (κ2) is 4.87. The molecule has 3 nitrogen and oxygen atoms in total. The van der Waals surface area contributed by atoms with E-state index in [1.807, 2.05) is 0 Å². The fourth-order valence-corrected chi connectivity index (χ4v) is 3.96. The summed E-state index contributed by atoms with van der Waals surface area (Å²) in [5.74, 6) is 0.890. The summed E-state index contributed by atoms with van der Waals surface area (Å²) in [7, 11) is 0. The zero-order chi connectivity index (χ0) is 12.5. The van der Waals surface area contributed by atoms with Gasteiger partial charge in [-0.15, -0.1) is 0 Å². The Labute approximate surface area is 105 Å². The first-order valence-corrected chi connectivity index (χ1v) is 7.25. The molecule has 0 saturated heterocycles. The van der Waals surface area contributed by atoms with Crippen molar-refractivity contribution in [2.45, 2.75) is 46.1 Å². The molecular formula is C14H30N2O+2. The molecule has 0 aromatic heterocycles. The fourth-order valence-electron chi connectivity index (χ4n) is 3.96. The van der Waals surface area contributed by atoms with Crippen LogP contribution in [0.25, 0.3) is 0 Å². The van der Waals surface area contributed by atoms with Crippen molar-refractivity contribution < 1.29 is 15.8 Å². The van der Waals surface area contributed by atoms with Gasteiger partial charge in [-0.05, 0) is 36.0 Å². The average molecular weight is 242 g/mol. The maximum Gasteiger partial charge on any atom is 0.125 e. The summed E-state index contributed by atoms with van der Waals surface area (Å²) < 4.78 is 6.17. The minimum absolute atomic E-state index is 0.421. The number of hydrogen-bond donors (Lipinski definition) is 2. The van der Waals surface area contributed by atoms with Crippen LogP contribution < -0.4 is 11.1 Å². The van der Waals surface area contributed by atoms with Crippen molar-refractivity contribution in [2.75, 3.05) is 26.2 Å². The summed E-state index contributed by atoms with van der Waals surface area (Å²) in [5.41, 5.74) is 4.75. The summed E-state index contributed by atoms with van der Waals surface area (Å²) in [6.07, 6.45) is 4.57. The van der Waals surface area contributed by atoms with Gasteiger partial charge in [0.2, 0.25) is 0 Å². The van der Waals surface area contributed by atoms with Crippen LogP contribution in [0.15, 0.2) is 0 Å². The third kappa shape index (κ3) is 2.13. The van der Waals surface area contributed by atoms with Crippen LogP contribution in [0.4, 0.5) is 0 Å². The Morgan fingerprint density at radius 3 is 2.59 bits per heavy atom. The Kier molecular flexibility index (Phi) is 3.81. The molecule has 0 unspecified atom stereocenters. The molecule has 3 heteroatoms. The maximum absolute atomic E-state index is 6.17. The van der Waals surface area contributed by atoms with Crippen LogP contribution in [0.1, 0.15) is 40.0 Å². The molecule has 2 bridgehead atoms. The fraction of sp³-hybridized carbons (Fsp3) is 1.00. The molecule has 0 amide bonds.